The average Bonchev–Trinajstić information content (AvgIpc) is 1.67. The maximum absolute atomic E-state index is 10.5. The van der Waals surface area contributed by atoms with Crippen LogP contribution in [0.2, 0.25) is 0 Å². The number of rotatable bonds is 9. The maximum atomic E-state index is 10.5. The molecule has 1 aliphatic heterocycles. The van der Waals surface area contributed by atoms with E-state index in [1.165, 1.54) is 0 Å². The molecule has 0 radical (unpaired) electrons. The Hall–Kier alpha value is -12.1. The summed E-state index contributed by atoms with van der Waals surface area (Å²) in [4.78, 5) is 4.92. The summed E-state index contributed by atoms with van der Waals surface area (Å²) in [5, 5.41) is 3.84. The number of aromatic nitrogens is 5. The smallest absolute Gasteiger partial charge is 0.269 e. The fourth-order valence-corrected chi connectivity index (χ4v) is 13.6. The van der Waals surface area contributed by atoms with E-state index in [-0.39, 0.29) is 22.1 Å². The van der Waals surface area contributed by atoms with Crippen LogP contribution in [0.1, 0.15) is 51.0 Å². The first-order valence-corrected chi connectivity index (χ1v) is 30.8. The van der Waals surface area contributed by atoms with Crippen LogP contribution in [0.5, 0.6) is 11.5 Å². The summed E-state index contributed by atoms with van der Waals surface area (Å²) in [6.45, 7) is 6.47. The molecule has 0 aliphatic carbocycles. The monoisotopic (exact) mass is 1220 g/mol. The Morgan fingerprint density at radius 3 is 1.60 bits per heavy atom. The number of benzene rings is 13. The van der Waals surface area contributed by atoms with Crippen molar-refractivity contribution in [3.05, 3.63) is 327 Å². The standard InChI is InChI=1S/C88H61N5O/c1-88(2,3)64-46-47-89-84(53-64)93-80-42-20-17-36-73(80)74-45-44-67(55-82(74)93)94-66-31-21-30-65(54-66)90-56-91-86-76(39-23-43-81(86)92-78-40-18-15-34-71(78)72-35-16-19-41-79(72)92)85-68(59-28-11-6-12-29-59)37-22-38-75(85)69-32-13-14-33-70(69)77-51-63(52-83(90)87(77)91)62-49-60(57-24-7-4-8-25-57)48-61(50-62)58-26-9-5-10-27-58/h4-55H,1-3H3/i4D,5D,6D,7D,8D,9D,10D,11D,12D,24D,25D,26D,27D,28D,29D,48D,49D,50D. The molecule has 17 aromatic rings. The van der Waals surface area contributed by atoms with Crippen LogP contribution in [-0.2, 0) is 5.41 Å². The highest BCUT2D eigenvalue weighted by molar-refractivity contribution is 6.12. The van der Waals surface area contributed by atoms with Crippen LogP contribution >= 0.6 is 0 Å². The Morgan fingerprint density at radius 2 is 0.936 bits per heavy atom. The van der Waals surface area contributed by atoms with Gasteiger partial charge in [-0.05, 0) is 180 Å². The van der Waals surface area contributed by atoms with Gasteiger partial charge in [0.25, 0.3) is 6.33 Å². The van der Waals surface area contributed by atoms with Crippen molar-refractivity contribution in [1.29, 1.82) is 0 Å². The van der Waals surface area contributed by atoms with Gasteiger partial charge in [-0.15, -0.1) is 0 Å². The zero-order valence-corrected chi connectivity index (χ0v) is 50.8. The van der Waals surface area contributed by atoms with Crippen LogP contribution in [0.4, 0.5) is 0 Å². The number of imidazole rings is 1. The van der Waals surface area contributed by atoms with Crippen LogP contribution in [0.25, 0.3) is 155 Å². The summed E-state index contributed by atoms with van der Waals surface area (Å²) < 4.78 is 183. The predicted molar refractivity (Wildman–Crippen MR) is 387 cm³/mol. The van der Waals surface area contributed by atoms with Crippen molar-refractivity contribution in [1.82, 2.24) is 18.7 Å². The molecule has 0 bridgehead atoms. The molecule has 444 valence electrons. The van der Waals surface area contributed by atoms with Crippen molar-refractivity contribution in [3.8, 4) is 112 Å². The van der Waals surface area contributed by atoms with Crippen molar-refractivity contribution in [3.63, 3.8) is 0 Å². The zero-order valence-electron chi connectivity index (χ0n) is 68.8. The van der Waals surface area contributed by atoms with Gasteiger partial charge in [0.2, 0.25) is 0 Å². The summed E-state index contributed by atoms with van der Waals surface area (Å²) in [5.41, 5.74) is 7.21. The molecule has 0 atom stereocenters. The fraction of sp³-hybridized carbons (Fsp3) is 0.0455. The lowest BCUT2D eigenvalue weighted by Crippen LogP contribution is -2.33. The van der Waals surface area contributed by atoms with E-state index in [1.54, 1.807) is 28.8 Å². The highest BCUT2D eigenvalue weighted by Gasteiger charge is 2.30. The van der Waals surface area contributed by atoms with Crippen molar-refractivity contribution >= 4 is 54.6 Å². The molecule has 4 aromatic heterocycles. The lowest BCUT2D eigenvalue weighted by Gasteiger charge is -2.22. The van der Waals surface area contributed by atoms with Gasteiger partial charge in [0, 0.05) is 33.8 Å². The largest absolute Gasteiger partial charge is 0.458 e. The second-order valence-electron chi connectivity index (χ2n) is 24.3. The van der Waals surface area contributed by atoms with Crippen LogP contribution in [0, 0.1) is 6.33 Å². The van der Waals surface area contributed by atoms with E-state index >= 15 is 0 Å². The minimum absolute atomic E-state index is 0.0521. The summed E-state index contributed by atoms with van der Waals surface area (Å²) in [5.74, 6) is 1.58. The number of ether oxygens (including phenoxy) is 1. The van der Waals surface area contributed by atoms with Crippen molar-refractivity contribution < 1.29 is 34.0 Å². The SMILES string of the molecule is [2H]c1c([2H])c([2H])c(-c2cccc3c2-c2cccc(-n4c5ccccc5c5ccccc54)c2-[n+]2[c-]n(-c4cccc(Oc5ccc6c7ccccc7n(-c7cc(C(C)(C)C)ccn7)c6c5)c4)c4cc(-c5c([2H])c(-c6c([2H])c([2H])c([2H])c([2H])c6[2H])c([2H])c(-c6c([2H])c([2H])c([2H])c([2H])c6[2H])c5[2H])cc(c42)-c2ccccc2-3)c([2H])c1[2H]. The van der Waals surface area contributed by atoms with Gasteiger partial charge in [0.05, 0.1) is 74.8 Å². The highest BCUT2D eigenvalue weighted by atomic mass is 16.5. The van der Waals surface area contributed by atoms with Crippen molar-refractivity contribution in [2.45, 2.75) is 26.2 Å². The topological polar surface area (TPSA) is 40.8 Å². The molecule has 0 unspecified atom stereocenters. The van der Waals surface area contributed by atoms with Gasteiger partial charge in [0.1, 0.15) is 17.3 Å². The molecule has 0 N–H and O–H groups in total. The molecule has 0 saturated heterocycles. The molecule has 0 amide bonds. The minimum Gasteiger partial charge on any atom is -0.458 e. The number of para-hydroxylation sites is 4. The fourth-order valence-electron chi connectivity index (χ4n) is 13.6. The van der Waals surface area contributed by atoms with Gasteiger partial charge in [-0.1, -0.05) is 233 Å². The van der Waals surface area contributed by atoms with Gasteiger partial charge in [-0.2, -0.15) is 0 Å². The van der Waals surface area contributed by atoms with Crippen LogP contribution < -0.4 is 9.30 Å². The number of fused-ring (bicyclic) bond motifs is 13. The number of hydrogen-bond donors (Lipinski definition) is 0. The molecule has 6 nitrogen and oxygen atoms in total. The van der Waals surface area contributed by atoms with Crippen molar-refractivity contribution in [2.75, 3.05) is 0 Å². The Bertz CT molecular complexity index is 6800. The van der Waals surface area contributed by atoms with Crippen LogP contribution in [-0.4, -0.2) is 18.7 Å². The van der Waals surface area contributed by atoms with Crippen LogP contribution in [0.15, 0.2) is 315 Å². The first-order chi connectivity index (χ1) is 53.7. The quantitative estimate of drug-likeness (QED) is 0.107. The van der Waals surface area contributed by atoms with E-state index in [2.05, 4.69) is 66.6 Å². The van der Waals surface area contributed by atoms with Gasteiger partial charge in [-0.25, -0.2) is 4.98 Å². The Labute approximate surface area is 570 Å². The Balaban J connectivity index is 0.991. The number of hydrogen-bond acceptors (Lipinski definition) is 2. The van der Waals surface area contributed by atoms with E-state index in [0.29, 0.717) is 78.5 Å². The first kappa shape index (κ1) is 39.2. The van der Waals surface area contributed by atoms with Gasteiger partial charge >= 0.3 is 0 Å². The molecular weight excluding hydrogens is 1140 g/mol. The third-order valence-electron chi connectivity index (χ3n) is 17.8. The molecule has 18 rings (SSSR count). The minimum atomic E-state index is -0.813. The van der Waals surface area contributed by atoms with Gasteiger partial charge in [0.15, 0.2) is 0 Å². The third-order valence-corrected chi connectivity index (χ3v) is 17.8. The van der Waals surface area contributed by atoms with Gasteiger partial charge in [-0.3, -0.25) is 13.7 Å². The first-order valence-electron chi connectivity index (χ1n) is 39.8. The predicted octanol–water partition coefficient (Wildman–Crippen LogP) is 22.4. The molecule has 0 spiro atoms. The van der Waals surface area contributed by atoms with Crippen molar-refractivity contribution in [2.24, 2.45) is 0 Å². The Morgan fingerprint density at radius 1 is 0.404 bits per heavy atom. The maximum Gasteiger partial charge on any atom is 0.269 e. The molecule has 0 saturated carbocycles. The van der Waals surface area contributed by atoms with Gasteiger partial charge < -0.3 is 9.30 Å². The summed E-state index contributed by atoms with van der Waals surface area (Å²) in [6, 6.07) is 51.0. The molecular formula is C88H61N5O. The van der Waals surface area contributed by atoms with Crippen LogP contribution in [0.3, 0.4) is 0 Å². The normalized spacial score (nSPS) is 14.7. The third kappa shape index (κ3) is 9.01. The molecule has 94 heavy (non-hydrogen) atoms. The molecule has 5 heterocycles. The van der Waals surface area contributed by atoms with E-state index in [4.69, 9.17) is 22.1 Å². The number of pyridine rings is 1. The lowest BCUT2D eigenvalue weighted by atomic mass is 9.84. The molecule has 1 aliphatic rings. The average molecular weight is 1220 g/mol. The molecule has 0 fully saturated rings. The second kappa shape index (κ2) is 21.8. The molecule has 6 heteroatoms. The van der Waals surface area contributed by atoms with E-state index in [0.717, 1.165) is 55.0 Å². The summed E-state index contributed by atoms with van der Waals surface area (Å²) >= 11 is 0. The second-order valence-corrected chi connectivity index (χ2v) is 24.3. The zero-order chi connectivity index (χ0) is 78.3. The van der Waals surface area contributed by atoms with E-state index in [9.17, 15) is 12.3 Å². The summed E-state index contributed by atoms with van der Waals surface area (Å²) in [6.07, 6.45) is 5.67. The lowest BCUT2D eigenvalue weighted by molar-refractivity contribution is -0.571. The highest BCUT2D eigenvalue weighted by Crippen LogP contribution is 2.50. The van der Waals surface area contributed by atoms with E-state index in [1.807, 2.05) is 156 Å². The Kier molecular flexibility index (Phi) is 9.09. The number of nitrogens with zero attached hydrogens (tertiary/aromatic N) is 5. The molecule has 13 aromatic carbocycles. The van der Waals surface area contributed by atoms with E-state index < -0.39 is 131 Å². The summed E-state index contributed by atoms with van der Waals surface area (Å²) in [7, 11) is 0.